The topological polar surface area (TPSA) is 69.7 Å². The smallest absolute Gasteiger partial charge is 0.305 e. The number of esters is 2. The van der Waals surface area contributed by atoms with E-state index < -0.39 is 18.2 Å². The Bertz CT molecular complexity index is 875. The Balaban J connectivity index is 1.39. The first kappa shape index (κ1) is 27.4. The van der Waals surface area contributed by atoms with Crippen molar-refractivity contribution in [2.75, 3.05) is 0 Å². The Hall–Kier alpha value is -1.65. The van der Waals surface area contributed by atoms with Gasteiger partial charge in [-0.2, -0.15) is 0 Å². The van der Waals surface area contributed by atoms with Gasteiger partial charge in [0.2, 0.25) is 6.29 Å². The molecule has 3 fully saturated rings. The van der Waals surface area contributed by atoms with E-state index >= 15 is 0 Å². The van der Waals surface area contributed by atoms with Gasteiger partial charge in [-0.1, -0.05) is 52.5 Å². The molecule has 36 heavy (non-hydrogen) atoms. The number of fused-ring (bicyclic) bond motifs is 5. The van der Waals surface area contributed by atoms with E-state index in [1.165, 1.54) is 64.4 Å². The molecule has 0 aromatic rings. The van der Waals surface area contributed by atoms with Crippen LogP contribution in [-0.4, -0.2) is 24.0 Å². The summed E-state index contributed by atoms with van der Waals surface area (Å²) in [5, 5.41) is 0. The number of ether oxygens (including phenoxy) is 2. The summed E-state index contributed by atoms with van der Waals surface area (Å²) >= 11 is 0. The van der Waals surface area contributed by atoms with Crippen LogP contribution in [0, 0.1) is 46.3 Å². The van der Waals surface area contributed by atoms with Gasteiger partial charge in [-0.25, -0.2) is 0 Å². The summed E-state index contributed by atoms with van der Waals surface area (Å²) in [5.74, 6) is 2.06. The molecule has 3 saturated carbocycles. The third kappa shape index (κ3) is 5.05. The predicted molar refractivity (Wildman–Crippen MR) is 140 cm³/mol. The van der Waals surface area contributed by atoms with Crippen molar-refractivity contribution < 1.29 is 23.9 Å². The number of carbonyl (C=O) groups is 3. The van der Waals surface area contributed by atoms with Crippen molar-refractivity contribution in [3.05, 3.63) is 11.6 Å². The summed E-state index contributed by atoms with van der Waals surface area (Å²) in [7, 11) is 0. The minimum atomic E-state index is -0.810. The van der Waals surface area contributed by atoms with E-state index in [-0.39, 0.29) is 22.7 Å². The second-order valence-corrected chi connectivity index (χ2v) is 13.1. The molecule has 1 unspecified atom stereocenters. The monoisotopic (exact) mass is 500 g/mol. The van der Waals surface area contributed by atoms with E-state index in [1.54, 1.807) is 0 Å². The van der Waals surface area contributed by atoms with Crippen molar-refractivity contribution in [1.82, 2.24) is 0 Å². The van der Waals surface area contributed by atoms with E-state index in [1.807, 2.05) is 6.92 Å². The van der Waals surface area contributed by atoms with E-state index in [0.29, 0.717) is 29.5 Å². The zero-order valence-corrected chi connectivity index (χ0v) is 23.4. The molecule has 0 N–H and O–H groups in total. The van der Waals surface area contributed by atoms with E-state index in [4.69, 9.17) is 9.47 Å². The fourth-order valence-electron chi connectivity index (χ4n) is 9.09. The minimum absolute atomic E-state index is 0.0376. The molecule has 0 heterocycles. The zero-order chi connectivity index (χ0) is 26.3. The normalized spacial score (nSPS) is 37.3. The maximum atomic E-state index is 13.5. The van der Waals surface area contributed by atoms with Crippen molar-refractivity contribution in [3.8, 4) is 0 Å². The Labute approximate surface area is 218 Å². The lowest BCUT2D eigenvalue weighted by Gasteiger charge is -2.57. The van der Waals surface area contributed by atoms with E-state index in [2.05, 4.69) is 26.8 Å². The SMILES string of the molecule is CC(=O)OC(OC(C)=O)C(C)CCC[C@@H](C)[C@H]1CC[C@H]2[C@@H]3C(=O)C=C4CCCC[C@]4(C)[C@H]3CC[C@]12C. The molecule has 5 nitrogen and oxygen atoms in total. The maximum absolute atomic E-state index is 13.5. The van der Waals surface area contributed by atoms with E-state index in [0.717, 1.165) is 25.7 Å². The molecule has 8 atom stereocenters. The highest BCUT2D eigenvalue weighted by molar-refractivity contribution is 5.94. The summed E-state index contributed by atoms with van der Waals surface area (Å²) in [6.07, 6.45) is 14.0. The highest BCUT2D eigenvalue weighted by atomic mass is 16.7. The lowest BCUT2D eigenvalue weighted by Crippen LogP contribution is -2.53. The second-order valence-electron chi connectivity index (χ2n) is 13.1. The van der Waals surface area contributed by atoms with Crippen LogP contribution in [0.1, 0.15) is 112 Å². The van der Waals surface area contributed by atoms with Crippen LogP contribution >= 0.6 is 0 Å². The number of hydrogen-bond donors (Lipinski definition) is 0. The molecule has 0 aromatic heterocycles. The van der Waals surface area contributed by atoms with Crippen LogP contribution in [0.3, 0.4) is 0 Å². The average molecular weight is 501 g/mol. The fraction of sp³-hybridized carbons (Fsp3) is 0.839. The highest BCUT2D eigenvalue weighted by Gasteiger charge is 2.60. The van der Waals surface area contributed by atoms with Crippen LogP contribution in [0.15, 0.2) is 11.6 Å². The number of ketones is 1. The summed E-state index contributed by atoms with van der Waals surface area (Å²) in [6, 6.07) is 0. The van der Waals surface area contributed by atoms with Gasteiger partial charge in [0.1, 0.15) is 0 Å². The number of carbonyl (C=O) groups excluding carboxylic acids is 3. The first-order valence-corrected chi connectivity index (χ1v) is 14.6. The summed E-state index contributed by atoms with van der Waals surface area (Å²) in [4.78, 5) is 36.4. The molecule has 202 valence electrons. The molecule has 0 radical (unpaired) electrons. The van der Waals surface area contributed by atoms with Gasteiger partial charge in [0.15, 0.2) is 5.78 Å². The Kier molecular flexibility index (Phi) is 8.07. The minimum Gasteiger partial charge on any atom is -0.425 e. The standard InChI is InChI=1S/C31H48O5/c1-19(10-9-11-20(2)29(35-21(3)32)36-22(4)33)24-13-14-25-28-26(15-17-31(24,25)6)30(5)16-8-7-12-23(30)18-27(28)34/h18-20,24-26,28-29H,7-17H2,1-6H3/t19-,20?,24-,25+,26+,28+,30+,31-/m1/s1. The van der Waals surface area contributed by atoms with Crippen molar-refractivity contribution in [2.45, 2.75) is 118 Å². The lowest BCUT2D eigenvalue weighted by atomic mass is 9.47. The molecule has 0 aromatic carbocycles. The molecule has 0 saturated heterocycles. The van der Waals surface area contributed by atoms with Gasteiger partial charge in [-0.05, 0) is 91.9 Å². The van der Waals surface area contributed by atoms with E-state index in [9.17, 15) is 14.4 Å². The van der Waals surface area contributed by atoms with Crippen LogP contribution in [0.2, 0.25) is 0 Å². The Morgan fingerprint density at radius 3 is 2.33 bits per heavy atom. The third-order valence-electron chi connectivity index (χ3n) is 11.0. The van der Waals surface area contributed by atoms with Crippen LogP contribution in [0.4, 0.5) is 0 Å². The summed E-state index contributed by atoms with van der Waals surface area (Å²) in [5.41, 5.74) is 1.95. The van der Waals surface area contributed by atoms with Crippen LogP contribution in [-0.2, 0) is 23.9 Å². The first-order valence-electron chi connectivity index (χ1n) is 14.6. The lowest BCUT2D eigenvalue weighted by molar-refractivity contribution is -0.194. The van der Waals surface area contributed by atoms with Gasteiger partial charge in [0, 0.05) is 25.7 Å². The molecule has 0 spiro atoms. The third-order valence-corrected chi connectivity index (χ3v) is 11.0. The maximum Gasteiger partial charge on any atom is 0.305 e. The van der Waals surface area contributed by atoms with Crippen molar-refractivity contribution >= 4 is 17.7 Å². The van der Waals surface area contributed by atoms with Crippen molar-refractivity contribution in [2.24, 2.45) is 46.3 Å². The molecule has 5 heteroatoms. The number of rotatable bonds is 8. The fourth-order valence-corrected chi connectivity index (χ4v) is 9.09. The Morgan fingerprint density at radius 1 is 0.972 bits per heavy atom. The van der Waals surface area contributed by atoms with Gasteiger partial charge in [0.25, 0.3) is 0 Å². The molecule has 0 bridgehead atoms. The average Bonchev–Trinajstić information content (AvgIpc) is 3.15. The zero-order valence-electron chi connectivity index (χ0n) is 23.4. The molecular formula is C31H48O5. The van der Waals surface area contributed by atoms with Gasteiger partial charge < -0.3 is 9.47 Å². The largest absolute Gasteiger partial charge is 0.425 e. The molecular weight excluding hydrogens is 452 g/mol. The first-order chi connectivity index (χ1) is 17.0. The molecule has 4 rings (SSSR count). The van der Waals surface area contributed by atoms with Crippen LogP contribution in [0.5, 0.6) is 0 Å². The molecule has 0 aliphatic heterocycles. The summed E-state index contributed by atoms with van der Waals surface area (Å²) < 4.78 is 10.5. The van der Waals surface area contributed by atoms with Crippen molar-refractivity contribution in [1.29, 1.82) is 0 Å². The number of allylic oxidation sites excluding steroid dienone is 2. The van der Waals surface area contributed by atoms with Crippen LogP contribution in [0.25, 0.3) is 0 Å². The van der Waals surface area contributed by atoms with Crippen molar-refractivity contribution in [3.63, 3.8) is 0 Å². The van der Waals surface area contributed by atoms with Crippen LogP contribution < -0.4 is 0 Å². The number of hydrogen-bond acceptors (Lipinski definition) is 5. The highest BCUT2D eigenvalue weighted by Crippen LogP contribution is 2.66. The summed E-state index contributed by atoms with van der Waals surface area (Å²) in [6.45, 7) is 12.0. The second kappa shape index (κ2) is 10.6. The molecule has 4 aliphatic carbocycles. The molecule has 0 amide bonds. The van der Waals surface area contributed by atoms with Gasteiger partial charge in [0.05, 0.1) is 0 Å². The molecule has 4 aliphatic rings. The van der Waals surface area contributed by atoms with Gasteiger partial charge >= 0.3 is 11.9 Å². The Morgan fingerprint density at radius 2 is 1.67 bits per heavy atom. The van der Waals surface area contributed by atoms with Gasteiger partial charge in [-0.15, -0.1) is 0 Å². The predicted octanol–water partition coefficient (Wildman–Crippen LogP) is 7.03. The quantitative estimate of drug-likeness (QED) is 0.264. The van der Waals surface area contributed by atoms with Gasteiger partial charge in [-0.3, -0.25) is 14.4 Å².